The Kier molecular flexibility index (Phi) is 4.57. The van der Waals surface area contributed by atoms with Crippen molar-refractivity contribution in [1.29, 1.82) is 0 Å². The molecule has 0 amide bonds. The second kappa shape index (κ2) is 5.92. The lowest BCUT2D eigenvalue weighted by atomic mass is 10.2. The van der Waals surface area contributed by atoms with Gasteiger partial charge in [0.25, 0.3) is 0 Å². The Morgan fingerprint density at radius 1 is 0.857 bits per heavy atom. The molecular formula is C13H5Br2F5O. The molecule has 0 heterocycles. The first-order valence-corrected chi connectivity index (χ1v) is 6.97. The van der Waals surface area contributed by atoms with Gasteiger partial charge in [-0.15, -0.1) is 0 Å². The van der Waals surface area contributed by atoms with Crippen molar-refractivity contribution < 1.29 is 26.7 Å². The first kappa shape index (κ1) is 16.2. The third kappa shape index (κ3) is 3.55. The van der Waals surface area contributed by atoms with E-state index >= 15 is 0 Å². The van der Waals surface area contributed by atoms with E-state index in [4.69, 9.17) is 4.74 Å². The summed E-state index contributed by atoms with van der Waals surface area (Å²) in [5, 5.41) is 0. The third-order valence-electron chi connectivity index (χ3n) is 2.45. The molecule has 0 atom stereocenters. The molecule has 112 valence electrons. The van der Waals surface area contributed by atoms with E-state index in [0.29, 0.717) is 8.95 Å². The topological polar surface area (TPSA) is 9.23 Å². The molecule has 0 spiro atoms. The molecule has 0 radical (unpaired) electrons. The van der Waals surface area contributed by atoms with Gasteiger partial charge < -0.3 is 4.74 Å². The van der Waals surface area contributed by atoms with Crippen LogP contribution < -0.4 is 4.74 Å². The monoisotopic (exact) mass is 430 g/mol. The minimum Gasteiger partial charge on any atom is -0.449 e. The van der Waals surface area contributed by atoms with Crippen molar-refractivity contribution in [2.24, 2.45) is 0 Å². The van der Waals surface area contributed by atoms with Crippen molar-refractivity contribution in [3.05, 3.63) is 56.5 Å². The van der Waals surface area contributed by atoms with Crippen LogP contribution in [0.1, 0.15) is 5.56 Å². The van der Waals surface area contributed by atoms with Gasteiger partial charge in [0, 0.05) is 0 Å². The van der Waals surface area contributed by atoms with Crippen molar-refractivity contribution in [2.75, 3.05) is 0 Å². The molecule has 21 heavy (non-hydrogen) atoms. The zero-order chi connectivity index (χ0) is 15.8. The fourth-order valence-electron chi connectivity index (χ4n) is 1.50. The molecule has 0 fully saturated rings. The van der Waals surface area contributed by atoms with Crippen LogP contribution in [0.15, 0.2) is 39.3 Å². The molecule has 0 saturated carbocycles. The Balaban J connectivity index is 2.47. The summed E-state index contributed by atoms with van der Waals surface area (Å²) in [5.41, 5.74) is -1.42. The molecular weight excluding hydrogens is 427 g/mol. The lowest BCUT2D eigenvalue weighted by molar-refractivity contribution is -0.138. The Bertz CT molecular complexity index is 641. The maximum atomic E-state index is 13.7. The Labute approximate surface area is 133 Å². The number of alkyl halides is 3. The standard InChI is InChI=1S/C13H5Br2F5O/c14-7-2-1-3-8(15)11(7)21-12-9(16)4-6(5-10(12)17)13(18,19)20/h1-5H. The third-order valence-corrected chi connectivity index (χ3v) is 3.70. The lowest BCUT2D eigenvalue weighted by Crippen LogP contribution is -2.07. The van der Waals surface area contributed by atoms with Crippen LogP contribution in [0.3, 0.4) is 0 Å². The van der Waals surface area contributed by atoms with Crippen LogP contribution in [-0.2, 0) is 6.18 Å². The van der Waals surface area contributed by atoms with E-state index in [2.05, 4.69) is 31.9 Å². The van der Waals surface area contributed by atoms with Gasteiger partial charge in [0.1, 0.15) is 0 Å². The van der Waals surface area contributed by atoms with Crippen LogP contribution in [-0.4, -0.2) is 0 Å². The molecule has 8 heteroatoms. The summed E-state index contributed by atoms with van der Waals surface area (Å²) in [4.78, 5) is 0. The Hall–Kier alpha value is -1.15. The Morgan fingerprint density at radius 3 is 1.76 bits per heavy atom. The fourth-order valence-corrected chi connectivity index (χ4v) is 2.66. The van der Waals surface area contributed by atoms with Gasteiger partial charge >= 0.3 is 6.18 Å². The SMILES string of the molecule is Fc1cc(C(F)(F)F)cc(F)c1Oc1c(Br)cccc1Br. The second-order valence-corrected chi connectivity index (χ2v) is 5.63. The summed E-state index contributed by atoms with van der Waals surface area (Å²) in [6.07, 6.45) is -4.84. The highest BCUT2D eigenvalue weighted by Gasteiger charge is 2.33. The van der Waals surface area contributed by atoms with Gasteiger partial charge in [0.05, 0.1) is 14.5 Å². The minimum absolute atomic E-state index is 0.0510. The number of halogens is 7. The summed E-state index contributed by atoms with van der Waals surface area (Å²) in [6, 6.07) is 5.12. The van der Waals surface area contributed by atoms with Gasteiger partial charge in [-0.3, -0.25) is 0 Å². The average molecular weight is 432 g/mol. The molecule has 2 aromatic rings. The number of para-hydroxylation sites is 1. The highest BCUT2D eigenvalue weighted by Crippen LogP contribution is 2.40. The quantitative estimate of drug-likeness (QED) is 0.507. The van der Waals surface area contributed by atoms with Crippen LogP contribution >= 0.6 is 31.9 Å². The zero-order valence-electron chi connectivity index (χ0n) is 9.94. The van der Waals surface area contributed by atoms with Crippen LogP contribution in [0.4, 0.5) is 22.0 Å². The number of hydrogen-bond acceptors (Lipinski definition) is 1. The van der Waals surface area contributed by atoms with Crippen molar-refractivity contribution >= 4 is 31.9 Å². The van der Waals surface area contributed by atoms with Crippen LogP contribution in [0.2, 0.25) is 0 Å². The van der Waals surface area contributed by atoms with Crippen molar-refractivity contribution in [3.8, 4) is 11.5 Å². The molecule has 2 aromatic carbocycles. The predicted molar refractivity (Wildman–Crippen MR) is 73.3 cm³/mol. The van der Waals surface area contributed by atoms with E-state index in [1.165, 1.54) is 0 Å². The maximum absolute atomic E-state index is 13.7. The Morgan fingerprint density at radius 2 is 1.33 bits per heavy atom. The van der Waals surface area contributed by atoms with Crippen LogP contribution in [0.5, 0.6) is 11.5 Å². The number of hydrogen-bond donors (Lipinski definition) is 0. The first-order chi connectivity index (χ1) is 9.70. The van der Waals surface area contributed by atoms with Gasteiger partial charge in [0.2, 0.25) is 0 Å². The largest absolute Gasteiger partial charge is 0.449 e. The van der Waals surface area contributed by atoms with E-state index in [1.807, 2.05) is 0 Å². The number of ether oxygens (including phenoxy) is 1. The fraction of sp³-hybridized carbons (Fsp3) is 0.0769. The van der Waals surface area contributed by atoms with Gasteiger partial charge in [-0.2, -0.15) is 13.2 Å². The van der Waals surface area contributed by atoms with Crippen molar-refractivity contribution in [3.63, 3.8) is 0 Å². The summed E-state index contributed by atoms with van der Waals surface area (Å²) in [6.45, 7) is 0. The normalized spacial score (nSPS) is 11.6. The predicted octanol–water partition coefficient (Wildman–Crippen LogP) is 6.30. The molecule has 0 aliphatic heterocycles. The molecule has 1 nitrogen and oxygen atoms in total. The van der Waals surface area contributed by atoms with Crippen molar-refractivity contribution in [1.82, 2.24) is 0 Å². The van der Waals surface area contributed by atoms with Gasteiger partial charge in [-0.05, 0) is 56.1 Å². The minimum atomic E-state index is -4.84. The summed E-state index contributed by atoms with van der Waals surface area (Å²) in [5.74, 6) is -3.74. The zero-order valence-corrected chi connectivity index (χ0v) is 13.1. The van der Waals surface area contributed by atoms with Crippen molar-refractivity contribution in [2.45, 2.75) is 6.18 Å². The van der Waals surface area contributed by atoms with Gasteiger partial charge in [-0.25, -0.2) is 8.78 Å². The molecule has 0 aromatic heterocycles. The van der Waals surface area contributed by atoms with Crippen LogP contribution in [0.25, 0.3) is 0 Å². The summed E-state index contributed by atoms with van der Waals surface area (Å²) < 4.78 is 70.6. The maximum Gasteiger partial charge on any atom is 0.416 e. The smallest absolute Gasteiger partial charge is 0.416 e. The summed E-state index contributed by atoms with van der Waals surface area (Å²) >= 11 is 6.24. The van der Waals surface area contributed by atoms with E-state index < -0.39 is 29.1 Å². The molecule has 0 bridgehead atoms. The molecule has 0 aliphatic rings. The van der Waals surface area contributed by atoms with E-state index in [-0.39, 0.29) is 17.9 Å². The van der Waals surface area contributed by atoms with Gasteiger partial charge in [0.15, 0.2) is 23.1 Å². The van der Waals surface area contributed by atoms with E-state index in [1.54, 1.807) is 18.2 Å². The number of benzene rings is 2. The van der Waals surface area contributed by atoms with E-state index in [0.717, 1.165) is 0 Å². The number of rotatable bonds is 2. The van der Waals surface area contributed by atoms with Crippen LogP contribution in [0, 0.1) is 11.6 Å². The average Bonchev–Trinajstić information content (AvgIpc) is 2.35. The first-order valence-electron chi connectivity index (χ1n) is 5.38. The van der Waals surface area contributed by atoms with Gasteiger partial charge in [-0.1, -0.05) is 6.07 Å². The summed E-state index contributed by atoms with van der Waals surface area (Å²) in [7, 11) is 0. The highest BCUT2D eigenvalue weighted by molar-refractivity contribution is 9.11. The molecule has 2 rings (SSSR count). The molecule has 0 N–H and O–H groups in total. The molecule has 0 unspecified atom stereocenters. The highest BCUT2D eigenvalue weighted by atomic mass is 79.9. The lowest BCUT2D eigenvalue weighted by Gasteiger charge is -2.13. The van der Waals surface area contributed by atoms with E-state index in [9.17, 15) is 22.0 Å². The molecule has 0 aliphatic carbocycles. The molecule has 0 saturated heterocycles. The second-order valence-electron chi connectivity index (χ2n) is 3.92.